The van der Waals surface area contributed by atoms with Gasteiger partial charge in [-0.2, -0.15) is 0 Å². The molecule has 0 bridgehead atoms. The number of ether oxygens (including phenoxy) is 1. The minimum atomic E-state index is -0.481. The van der Waals surface area contributed by atoms with Crippen molar-refractivity contribution in [3.8, 4) is 0 Å². The lowest BCUT2D eigenvalue weighted by Crippen LogP contribution is -2.32. The van der Waals surface area contributed by atoms with Gasteiger partial charge in [-0.25, -0.2) is 4.79 Å². The van der Waals surface area contributed by atoms with Crippen LogP contribution in [0.2, 0.25) is 5.02 Å². The Hall–Kier alpha value is -0.490. The van der Waals surface area contributed by atoms with Crippen molar-refractivity contribution >= 4 is 40.3 Å². The van der Waals surface area contributed by atoms with Crippen LogP contribution in [0.4, 0.5) is 4.79 Å². The highest BCUT2D eigenvalue weighted by Crippen LogP contribution is 2.21. The van der Waals surface area contributed by atoms with E-state index in [0.717, 1.165) is 9.13 Å². The number of nitrogens with one attached hydrogen (secondary N) is 1. The molecule has 0 aliphatic carbocycles. The number of carbonyl (C=O) groups excluding carboxylic acids is 1. The molecule has 0 atom stereocenters. The quantitative estimate of drug-likeness (QED) is 0.803. The van der Waals surface area contributed by atoms with Crippen LogP contribution < -0.4 is 5.32 Å². The Bertz CT molecular complexity index is 415. The third kappa shape index (κ3) is 5.12. The van der Waals surface area contributed by atoms with E-state index in [1.165, 1.54) is 0 Å². The van der Waals surface area contributed by atoms with E-state index < -0.39 is 11.7 Å². The summed E-state index contributed by atoms with van der Waals surface area (Å²) in [6.07, 6.45) is -0.423. The molecule has 0 spiro atoms. The van der Waals surface area contributed by atoms with Crippen LogP contribution >= 0.6 is 34.2 Å². The molecule has 1 amide bonds. The largest absolute Gasteiger partial charge is 0.444 e. The van der Waals surface area contributed by atoms with Crippen LogP contribution in [-0.4, -0.2) is 11.7 Å². The maximum atomic E-state index is 11.5. The van der Waals surface area contributed by atoms with Gasteiger partial charge in [-0.1, -0.05) is 23.7 Å². The van der Waals surface area contributed by atoms with Gasteiger partial charge < -0.3 is 10.1 Å². The zero-order valence-electron chi connectivity index (χ0n) is 10.0. The third-order valence-corrected chi connectivity index (χ3v) is 3.76. The first-order valence-electron chi connectivity index (χ1n) is 5.19. The highest BCUT2D eigenvalue weighted by Gasteiger charge is 2.16. The number of amides is 1. The molecule has 5 heteroatoms. The molecule has 94 valence electrons. The molecule has 17 heavy (non-hydrogen) atoms. The maximum absolute atomic E-state index is 11.5. The van der Waals surface area contributed by atoms with E-state index in [1.54, 1.807) is 0 Å². The molecule has 0 aromatic heterocycles. The number of rotatable bonds is 2. The van der Waals surface area contributed by atoms with Crippen molar-refractivity contribution in [3.05, 3.63) is 32.4 Å². The Balaban J connectivity index is 2.56. The number of carbonyl (C=O) groups is 1. The molecule has 1 rings (SSSR count). The number of alkyl carbamates (subject to hydrolysis) is 1. The fraction of sp³-hybridized carbons (Fsp3) is 0.417. The third-order valence-electron chi connectivity index (χ3n) is 1.85. The molecule has 0 fully saturated rings. The molecular weight excluding hydrogens is 352 g/mol. The molecule has 1 aromatic rings. The van der Waals surface area contributed by atoms with E-state index in [-0.39, 0.29) is 0 Å². The standard InChI is InChI=1S/C12H15ClINO2/c1-12(2,3)17-11(16)15-7-8-5-4-6-9(13)10(8)14/h4-6H,7H2,1-3H3,(H,15,16). The monoisotopic (exact) mass is 367 g/mol. The summed E-state index contributed by atoms with van der Waals surface area (Å²) in [4.78, 5) is 11.5. The van der Waals surface area contributed by atoms with Crippen LogP contribution in [-0.2, 0) is 11.3 Å². The summed E-state index contributed by atoms with van der Waals surface area (Å²) in [5.41, 5.74) is 0.495. The van der Waals surface area contributed by atoms with Crippen molar-refractivity contribution in [2.24, 2.45) is 0 Å². The summed E-state index contributed by atoms with van der Waals surface area (Å²) in [5.74, 6) is 0. The van der Waals surface area contributed by atoms with Gasteiger partial charge in [0, 0.05) is 10.1 Å². The summed E-state index contributed by atoms with van der Waals surface area (Å²) < 4.78 is 6.09. The van der Waals surface area contributed by atoms with Gasteiger partial charge in [-0.3, -0.25) is 0 Å². The summed E-state index contributed by atoms with van der Waals surface area (Å²) >= 11 is 8.14. The van der Waals surface area contributed by atoms with E-state index in [4.69, 9.17) is 16.3 Å². The van der Waals surface area contributed by atoms with E-state index >= 15 is 0 Å². The van der Waals surface area contributed by atoms with Gasteiger partial charge in [0.2, 0.25) is 0 Å². The van der Waals surface area contributed by atoms with Crippen LogP contribution in [0, 0.1) is 3.57 Å². The fourth-order valence-electron chi connectivity index (χ4n) is 1.17. The molecule has 1 aromatic carbocycles. The Kier molecular flexibility index (Phi) is 5.06. The van der Waals surface area contributed by atoms with E-state index in [2.05, 4.69) is 27.9 Å². The second-order valence-electron chi connectivity index (χ2n) is 4.57. The number of hydrogen-bond donors (Lipinski definition) is 1. The Morgan fingerprint density at radius 1 is 1.47 bits per heavy atom. The number of hydrogen-bond acceptors (Lipinski definition) is 2. The minimum Gasteiger partial charge on any atom is -0.444 e. The fourth-order valence-corrected chi connectivity index (χ4v) is 1.91. The van der Waals surface area contributed by atoms with Gasteiger partial charge in [0.05, 0.1) is 5.02 Å². The van der Waals surface area contributed by atoms with Gasteiger partial charge in [0.25, 0.3) is 0 Å². The van der Waals surface area contributed by atoms with E-state index in [1.807, 2.05) is 39.0 Å². The molecule has 0 radical (unpaired) electrons. The second-order valence-corrected chi connectivity index (χ2v) is 6.05. The first kappa shape index (κ1) is 14.6. The smallest absolute Gasteiger partial charge is 0.407 e. The average Bonchev–Trinajstić information content (AvgIpc) is 2.18. The van der Waals surface area contributed by atoms with Crippen molar-refractivity contribution in [2.75, 3.05) is 0 Å². The predicted molar refractivity (Wildman–Crippen MR) is 77.2 cm³/mol. The van der Waals surface area contributed by atoms with Crippen LogP contribution in [0.1, 0.15) is 26.3 Å². The number of benzene rings is 1. The molecular formula is C12H15ClINO2. The van der Waals surface area contributed by atoms with Crippen molar-refractivity contribution in [1.29, 1.82) is 0 Å². The van der Waals surface area contributed by atoms with Crippen LogP contribution in [0.25, 0.3) is 0 Å². The lowest BCUT2D eigenvalue weighted by molar-refractivity contribution is 0.0523. The zero-order chi connectivity index (χ0) is 13.1. The summed E-state index contributed by atoms with van der Waals surface area (Å²) in [6, 6.07) is 5.60. The highest BCUT2D eigenvalue weighted by molar-refractivity contribution is 14.1. The Morgan fingerprint density at radius 3 is 2.71 bits per heavy atom. The first-order valence-corrected chi connectivity index (χ1v) is 6.65. The van der Waals surface area contributed by atoms with E-state index in [0.29, 0.717) is 11.6 Å². The van der Waals surface area contributed by atoms with Gasteiger partial charge in [-0.05, 0) is 55.0 Å². The zero-order valence-corrected chi connectivity index (χ0v) is 12.9. The minimum absolute atomic E-state index is 0.410. The van der Waals surface area contributed by atoms with Crippen LogP contribution in [0.15, 0.2) is 18.2 Å². The molecule has 0 unspecified atom stereocenters. The molecule has 0 heterocycles. The summed E-state index contributed by atoms with van der Waals surface area (Å²) in [7, 11) is 0. The molecule has 0 saturated carbocycles. The van der Waals surface area contributed by atoms with Crippen LogP contribution in [0.5, 0.6) is 0 Å². The summed E-state index contributed by atoms with van der Waals surface area (Å²) in [5, 5.41) is 3.39. The second kappa shape index (κ2) is 5.91. The summed E-state index contributed by atoms with van der Waals surface area (Å²) in [6.45, 7) is 5.90. The number of halogens is 2. The lowest BCUT2D eigenvalue weighted by atomic mass is 10.2. The molecule has 0 saturated heterocycles. The SMILES string of the molecule is CC(C)(C)OC(=O)NCc1cccc(Cl)c1I. The molecule has 3 nitrogen and oxygen atoms in total. The van der Waals surface area contributed by atoms with Crippen molar-refractivity contribution in [3.63, 3.8) is 0 Å². The first-order chi connectivity index (χ1) is 7.79. The Morgan fingerprint density at radius 2 is 2.12 bits per heavy atom. The maximum Gasteiger partial charge on any atom is 0.407 e. The van der Waals surface area contributed by atoms with Crippen LogP contribution in [0.3, 0.4) is 0 Å². The average molecular weight is 368 g/mol. The van der Waals surface area contributed by atoms with Gasteiger partial charge in [0.15, 0.2) is 0 Å². The van der Waals surface area contributed by atoms with Crippen molar-refractivity contribution < 1.29 is 9.53 Å². The Labute approximate surface area is 120 Å². The predicted octanol–water partition coefficient (Wildman–Crippen LogP) is 3.97. The normalized spacial score (nSPS) is 11.1. The molecule has 1 N–H and O–H groups in total. The molecule has 0 aliphatic rings. The van der Waals surface area contributed by atoms with Crippen molar-refractivity contribution in [1.82, 2.24) is 5.32 Å². The van der Waals surface area contributed by atoms with Gasteiger partial charge in [0.1, 0.15) is 5.60 Å². The highest BCUT2D eigenvalue weighted by atomic mass is 127. The topological polar surface area (TPSA) is 38.3 Å². The van der Waals surface area contributed by atoms with Gasteiger partial charge in [-0.15, -0.1) is 0 Å². The van der Waals surface area contributed by atoms with Gasteiger partial charge >= 0.3 is 6.09 Å². The van der Waals surface area contributed by atoms with E-state index in [9.17, 15) is 4.79 Å². The lowest BCUT2D eigenvalue weighted by Gasteiger charge is -2.19. The molecule has 0 aliphatic heterocycles. The van der Waals surface area contributed by atoms with Crippen molar-refractivity contribution in [2.45, 2.75) is 32.9 Å².